The first-order valence-electron chi connectivity index (χ1n) is 7.87. The number of halogens is 3. The molecule has 1 aromatic heterocycles. The van der Waals surface area contributed by atoms with E-state index < -0.39 is 29.5 Å². The molecule has 3 rings (SSSR count). The van der Waals surface area contributed by atoms with E-state index in [0.29, 0.717) is 16.8 Å². The highest BCUT2D eigenvalue weighted by Gasteiger charge is 2.38. The van der Waals surface area contributed by atoms with Crippen molar-refractivity contribution in [2.24, 2.45) is 0 Å². The van der Waals surface area contributed by atoms with Crippen molar-refractivity contribution in [1.82, 2.24) is 4.98 Å². The molecule has 27 heavy (non-hydrogen) atoms. The second-order valence-corrected chi connectivity index (χ2v) is 6.29. The third kappa shape index (κ3) is 4.16. The van der Waals surface area contributed by atoms with E-state index in [9.17, 15) is 22.8 Å². The lowest BCUT2D eigenvalue weighted by Gasteiger charge is -2.29. The fraction of sp³-hybridized carbons (Fsp3) is 0.211. The Bertz CT molecular complexity index is 891. The van der Waals surface area contributed by atoms with Crippen molar-refractivity contribution in [3.63, 3.8) is 0 Å². The second-order valence-electron chi connectivity index (χ2n) is 6.29. The number of alkyl halides is 3. The predicted molar refractivity (Wildman–Crippen MR) is 88.9 cm³/mol. The Morgan fingerprint density at radius 1 is 0.963 bits per heavy atom. The van der Waals surface area contributed by atoms with Crippen LogP contribution in [0.1, 0.15) is 25.0 Å². The van der Waals surface area contributed by atoms with Gasteiger partial charge in [-0.15, -0.1) is 0 Å². The molecular formula is C19H14F3NO4. The number of benzene rings is 1. The Morgan fingerprint density at radius 2 is 1.56 bits per heavy atom. The van der Waals surface area contributed by atoms with E-state index in [4.69, 9.17) is 9.47 Å². The zero-order valence-electron chi connectivity index (χ0n) is 14.3. The average Bonchev–Trinajstić information content (AvgIpc) is 2.57. The van der Waals surface area contributed by atoms with Crippen molar-refractivity contribution in [2.45, 2.75) is 25.8 Å². The van der Waals surface area contributed by atoms with Gasteiger partial charge in [0, 0.05) is 25.6 Å². The third-order valence-electron chi connectivity index (χ3n) is 3.73. The number of hydrogen-bond donors (Lipinski definition) is 0. The van der Waals surface area contributed by atoms with Gasteiger partial charge >= 0.3 is 18.1 Å². The van der Waals surface area contributed by atoms with Crippen LogP contribution in [0, 0.1) is 0 Å². The summed E-state index contributed by atoms with van der Waals surface area (Å²) in [4.78, 5) is 27.7. The number of nitrogens with zero attached hydrogens (tertiary/aromatic N) is 1. The minimum atomic E-state index is -4.45. The minimum absolute atomic E-state index is 0.241. The third-order valence-corrected chi connectivity index (χ3v) is 3.73. The van der Waals surface area contributed by atoms with E-state index in [-0.39, 0.29) is 5.57 Å². The predicted octanol–water partition coefficient (Wildman–Crippen LogP) is 3.99. The summed E-state index contributed by atoms with van der Waals surface area (Å²) < 4.78 is 47.8. The van der Waals surface area contributed by atoms with Gasteiger partial charge in [0.15, 0.2) is 0 Å². The van der Waals surface area contributed by atoms with Crippen molar-refractivity contribution in [1.29, 1.82) is 0 Å². The van der Waals surface area contributed by atoms with Gasteiger partial charge in [-0.05, 0) is 23.8 Å². The van der Waals surface area contributed by atoms with Gasteiger partial charge in [0.05, 0.1) is 11.3 Å². The number of esters is 2. The molecule has 0 saturated carbocycles. The molecule has 1 aliphatic heterocycles. The van der Waals surface area contributed by atoms with Gasteiger partial charge in [-0.25, -0.2) is 9.59 Å². The van der Waals surface area contributed by atoms with Gasteiger partial charge in [-0.3, -0.25) is 4.98 Å². The van der Waals surface area contributed by atoms with Crippen LogP contribution in [-0.4, -0.2) is 22.7 Å². The van der Waals surface area contributed by atoms with Gasteiger partial charge in [-0.1, -0.05) is 24.3 Å². The van der Waals surface area contributed by atoms with E-state index in [1.54, 1.807) is 24.3 Å². The summed E-state index contributed by atoms with van der Waals surface area (Å²) in [6, 6.07) is 8.66. The molecule has 2 aromatic rings. The summed E-state index contributed by atoms with van der Waals surface area (Å²) >= 11 is 0. The topological polar surface area (TPSA) is 65.5 Å². The van der Waals surface area contributed by atoms with Gasteiger partial charge in [0.2, 0.25) is 0 Å². The Kier molecular flexibility index (Phi) is 4.51. The average molecular weight is 377 g/mol. The SMILES string of the molecule is CC1(C)OC(=O)C(=Cc2ccc(-c3ccc(C(F)(F)F)cn3)cc2)C(=O)O1. The Balaban J connectivity index is 1.82. The van der Waals surface area contributed by atoms with E-state index in [1.807, 2.05) is 0 Å². The van der Waals surface area contributed by atoms with Crippen LogP contribution in [0.3, 0.4) is 0 Å². The van der Waals surface area contributed by atoms with Crippen LogP contribution in [0.25, 0.3) is 17.3 Å². The molecule has 0 N–H and O–H groups in total. The van der Waals surface area contributed by atoms with Crippen LogP contribution < -0.4 is 0 Å². The highest BCUT2D eigenvalue weighted by Crippen LogP contribution is 2.30. The molecule has 1 aromatic carbocycles. The number of cyclic esters (lactones) is 2. The van der Waals surface area contributed by atoms with E-state index in [1.165, 1.54) is 26.0 Å². The van der Waals surface area contributed by atoms with Crippen LogP contribution in [-0.2, 0) is 25.2 Å². The normalized spacial score (nSPS) is 16.6. The largest absolute Gasteiger partial charge is 0.419 e. The summed E-state index contributed by atoms with van der Waals surface area (Å²) in [7, 11) is 0. The molecule has 0 radical (unpaired) electrons. The van der Waals surface area contributed by atoms with Gasteiger partial charge < -0.3 is 9.47 Å². The molecule has 8 heteroatoms. The van der Waals surface area contributed by atoms with Gasteiger partial charge in [0.1, 0.15) is 5.57 Å². The molecule has 0 atom stereocenters. The zero-order chi connectivity index (χ0) is 19.8. The molecule has 0 spiro atoms. The Labute approximate surface area is 152 Å². The summed E-state index contributed by atoms with van der Waals surface area (Å²) in [6.45, 7) is 2.90. The van der Waals surface area contributed by atoms with E-state index in [0.717, 1.165) is 12.3 Å². The quantitative estimate of drug-likeness (QED) is 0.450. The first kappa shape index (κ1) is 18.6. The van der Waals surface area contributed by atoms with Crippen molar-refractivity contribution in [3.05, 3.63) is 59.3 Å². The van der Waals surface area contributed by atoms with Crippen LogP contribution in [0.15, 0.2) is 48.2 Å². The number of ether oxygens (including phenoxy) is 2. The molecule has 1 fully saturated rings. The van der Waals surface area contributed by atoms with Crippen molar-refractivity contribution in [3.8, 4) is 11.3 Å². The summed E-state index contributed by atoms with van der Waals surface area (Å²) in [5.41, 5.74) is 0.398. The van der Waals surface area contributed by atoms with Crippen LogP contribution >= 0.6 is 0 Å². The number of carbonyl (C=O) groups excluding carboxylic acids is 2. The molecular weight excluding hydrogens is 363 g/mol. The number of hydrogen-bond acceptors (Lipinski definition) is 5. The summed E-state index contributed by atoms with van der Waals surface area (Å²) in [6.07, 6.45) is -2.36. The maximum Gasteiger partial charge on any atom is 0.417 e. The monoisotopic (exact) mass is 377 g/mol. The lowest BCUT2D eigenvalue weighted by molar-refractivity contribution is -0.222. The molecule has 0 aliphatic carbocycles. The fourth-order valence-corrected chi connectivity index (χ4v) is 2.43. The number of pyridine rings is 1. The molecule has 140 valence electrons. The first-order valence-corrected chi connectivity index (χ1v) is 7.87. The van der Waals surface area contributed by atoms with E-state index >= 15 is 0 Å². The molecule has 1 aliphatic rings. The molecule has 0 amide bonds. The minimum Gasteiger partial charge on any atom is -0.419 e. The number of rotatable bonds is 2. The lowest BCUT2D eigenvalue weighted by atomic mass is 10.1. The molecule has 1 saturated heterocycles. The van der Waals surface area contributed by atoms with Gasteiger partial charge in [0.25, 0.3) is 5.79 Å². The number of carbonyl (C=O) groups is 2. The molecule has 5 nitrogen and oxygen atoms in total. The Hall–Kier alpha value is -3.16. The Morgan fingerprint density at radius 3 is 2.04 bits per heavy atom. The van der Waals surface area contributed by atoms with Crippen molar-refractivity contribution >= 4 is 18.0 Å². The van der Waals surface area contributed by atoms with Gasteiger partial charge in [-0.2, -0.15) is 13.2 Å². The fourth-order valence-electron chi connectivity index (χ4n) is 2.43. The standard InChI is InChI=1S/C19H14F3NO4/c1-18(2)26-16(24)14(17(25)27-18)9-11-3-5-12(6-4-11)15-8-7-13(10-23-15)19(20,21)22/h3-10H,1-2H3. The van der Waals surface area contributed by atoms with Crippen molar-refractivity contribution in [2.75, 3.05) is 0 Å². The first-order chi connectivity index (χ1) is 12.5. The van der Waals surface area contributed by atoms with Crippen LogP contribution in [0.2, 0.25) is 0 Å². The second kappa shape index (κ2) is 6.53. The molecule has 0 bridgehead atoms. The molecule has 0 unspecified atom stereocenters. The van der Waals surface area contributed by atoms with Crippen molar-refractivity contribution < 1.29 is 32.2 Å². The zero-order valence-corrected chi connectivity index (χ0v) is 14.3. The maximum absolute atomic E-state index is 12.6. The van der Waals surface area contributed by atoms with Crippen LogP contribution in [0.4, 0.5) is 13.2 Å². The summed E-state index contributed by atoms with van der Waals surface area (Å²) in [5, 5.41) is 0. The maximum atomic E-state index is 12.6. The number of aromatic nitrogens is 1. The summed E-state index contributed by atoms with van der Waals surface area (Å²) in [5.74, 6) is -2.89. The van der Waals surface area contributed by atoms with E-state index in [2.05, 4.69) is 4.98 Å². The highest BCUT2D eigenvalue weighted by atomic mass is 19.4. The highest BCUT2D eigenvalue weighted by molar-refractivity contribution is 6.18. The lowest BCUT2D eigenvalue weighted by Crippen LogP contribution is -2.41. The van der Waals surface area contributed by atoms with Crippen LogP contribution in [0.5, 0.6) is 0 Å². The smallest absolute Gasteiger partial charge is 0.417 e. The molecule has 2 heterocycles.